The van der Waals surface area contributed by atoms with Gasteiger partial charge in [0.05, 0.1) is 30.0 Å². The monoisotopic (exact) mass is 565 g/mol. The van der Waals surface area contributed by atoms with Crippen LogP contribution in [0.4, 0.5) is 0 Å². The number of aromatic nitrogens is 5. The van der Waals surface area contributed by atoms with Crippen LogP contribution in [0, 0.1) is 0 Å². The topological polar surface area (TPSA) is 110 Å². The molecule has 10 nitrogen and oxygen atoms in total. The molecule has 0 bridgehead atoms. The average molecular weight is 566 g/mol. The van der Waals surface area contributed by atoms with Gasteiger partial charge in [0.25, 0.3) is 5.56 Å². The van der Waals surface area contributed by atoms with E-state index in [4.69, 9.17) is 19.3 Å². The first kappa shape index (κ1) is 26.0. The molecule has 204 valence electrons. The summed E-state index contributed by atoms with van der Waals surface area (Å²) < 4.78 is 19.7. The fourth-order valence-electron chi connectivity index (χ4n) is 4.40. The van der Waals surface area contributed by atoms with Crippen molar-refractivity contribution < 1.29 is 19.0 Å². The highest BCUT2D eigenvalue weighted by Crippen LogP contribution is 2.34. The van der Waals surface area contributed by atoms with Gasteiger partial charge < -0.3 is 14.2 Å². The summed E-state index contributed by atoms with van der Waals surface area (Å²) >= 11 is 1.21. The van der Waals surface area contributed by atoms with E-state index in [1.165, 1.54) is 22.8 Å². The number of carbonyl (C=O) groups is 1. The van der Waals surface area contributed by atoms with E-state index in [9.17, 15) is 9.59 Å². The second-order valence-electron chi connectivity index (χ2n) is 8.92. The minimum atomic E-state index is -0.457. The number of benzene rings is 3. The molecule has 0 fully saturated rings. The normalized spacial score (nSPS) is 11.6. The van der Waals surface area contributed by atoms with E-state index >= 15 is 0 Å². The number of ether oxygens (including phenoxy) is 3. The van der Waals surface area contributed by atoms with Gasteiger partial charge in [0.15, 0.2) is 17.3 Å². The molecule has 0 aliphatic heterocycles. The van der Waals surface area contributed by atoms with Crippen molar-refractivity contribution in [2.75, 3.05) is 14.2 Å². The van der Waals surface area contributed by atoms with Gasteiger partial charge in [-0.05, 0) is 48.5 Å². The molecule has 3 heterocycles. The molecule has 0 aliphatic rings. The Morgan fingerprint density at radius 1 is 0.902 bits per heavy atom. The Bertz CT molecular complexity index is 2010. The Morgan fingerprint density at radius 3 is 2.39 bits per heavy atom. The summed E-state index contributed by atoms with van der Waals surface area (Å²) in [5, 5.41) is 9.28. The van der Waals surface area contributed by atoms with Crippen molar-refractivity contribution in [1.29, 1.82) is 0 Å². The molecule has 0 saturated heterocycles. The molecular formula is C30H23N5O5S. The largest absolute Gasteiger partial charge is 0.493 e. The van der Waals surface area contributed by atoms with Crippen LogP contribution >= 0.6 is 11.3 Å². The Morgan fingerprint density at radius 2 is 1.66 bits per heavy atom. The van der Waals surface area contributed by atoms with Crippen LogP contribution < -0.4 is 24.3 Å². The maximum atomic E-state index is 13.4. The van der Waals surface area contributed by atoms with Gasteiger partial charge in [-0.2, -0.15) is 14.6 Å². The van der Waals surface area contributed by atoms with Gasteiger partial charge in [-0.25, -0.2) is 4.68 Å². The average Bonchev–Trinajstić information content (AvgIpc) is 3.68. The third-order valence-corrected chi connectivity index (χ3v) is 7.23. The molecule has 0 spiro atoms. The van der Waals surface area contributed by atoms with Crippen molar-refractivity contribution in [2.24, 2.45) is 0 Å². The second-order valence-corrected chi connectivity index (χ2v) is 9.93. The highest BCUT2D eigenvalue weighted by molar-refractivity contribution is 7.15. The fraction of sp³-hybridized carbons (Fsp3) is 0.100. The fourth-order valence-corrected chi connectivity index (χ4v) is 5.30. The molecule has 0 saturated carbocycles. The number of thiazole rings is 1. The number of nitrogens with zero attached hydrogens (tertiary/aromatic N) is 5. The molecular weight excluding hydrogens is 542 g/mol. The van der Waals surface area contributed by atoms with Crippen LogP contribution in [-0.2, 0) is 4.79 Å². The van der Waals surface area contributed by atoms with Crippen LogP contribution in [0.3, 0.4) is 0 Å². The van der Waals surface area contributed by atoms with E-state index < -0.39 is 5.97 Å². The van der Waals surface area contributed by atoms with Crippen molar-refractivity contribution in [3.05, 3.63) is 99.4 Å². The van der Waals surface area contributed by atoms with Crippen LogP contribution in [0.1, 0.15) is 12.5 Å². The molecule has 0 N–H and O–H groups in total. The lowest BCUT2D eigenvalue weighted by Gasteiger charge is -2.09. The highest BCUT2D eigenvalue weighted by atomic mass is 32.1. The van der Waals surface area contributed by atoms with Gasteiger partial charge in [0, 0.05) is 24.2 Å². The van der Waals surface area contributed by atoms with Crippen LogP contribution in [0.25, 0.3) is 39.4 Å². The number of esters is 1. The summed E-state index contributed by atoms with van der Waals surface area (Å²) in [5.41, 5.74) is 3.24. The molecule has 41 heavy (non-hydrogen) atoms. The standard InChI is InChI=1S/C30H23N5O5S/c1-18(36)40-23-12-8-7-11-22(23)28-31-30-35(33-28)29(37)26(41-30)16-20-17-34(21-9-5-4-6-10-21)32-27(20)19-13-14-24(38-2)25(15-19)39-3/h4-17H,1-3H3/b26-16-. The van der Waals surface area contributed by atoms with Crippen LogP contribution in [0.5, 0.6) is 17.2 Å². The first-order valence-electron chi connectivity index (χ1n) is 12.5. The van der Waals surface area contributed by atoms with Gasteiger partial charge >= 0.3 is 5.97 Å². The second kappa shape index (κ2) is 10.7. The van der Waals surface area contributed by atoms with Crippen molar-refractivity contribution in [3.8, 4) is 45.6 Å². The summed E-state index contributed by atoms with van der Waals surface area (Å²) in [6.07, 6.45) is 3.66. The van der Waals surface area contributed by atoms with E-state index in [-0.39, 0.29) is 5.56 Å². The van der Waals surface area contributed by atoms with Crippen LogP contribution in [-0.4, -0.2) is 44.6 Å². The summed E-state index contributed by atoms with van der Waals surface area (Å²) in [6.45, 7) is 1.32. The lowest BCUT2D eigenvalue weighted by Crippen LogP contribution is -2.23. The Kier molecular flexibility index (Phi) is 6.78. The maximum Gasteiger partial charge on any atom is 0.308 e. The summed E-state index contributed by atoms with van der Waals surface area (Å²) in [5.74, 6) is 1.32. The third kappa shape index (κ3) is 4.94. The van der Waals surface area contributed by atoms with Crippen molar-refractivity contribution in [3.63, 3.8) is 0 Å². The SMILES string of the molecule is COc1ccc(-c2nn(-c3ccccc3)cc2/C=c2\sc3nc(-c4ccccc4OC(C)=O)nn3c2=O)cc1OC. The zero-order valence-electron chi connectivity index (χ0n) is 22.3. The summed E-state index contributed by atoms with van der Waals surface area (Å²) in [7, 11) is 3.16. The number of methoxy groups -OCH3 is 2. The van der Waals surface area contributed by atoms with Gasteiger partial charge in [-0.3, -0.25) is 9.59 Å². The number of carbonyl (C=O) groups excluding carboxylic acids is 1. The molecule has 0 radical (unpaired) electrons. The lowest BCUT2D eigenvalue weighted by molar-refractivity contribution is -0.131. The van der Waals surface area contributed by atoms with Crippen LogP contribution in [0.15, 0.2) is 83.8 Å². The molecule has 6 rings (SSSR count). The van der Waals surface area contributed by atoms with Crippen molar-refractivity contribution in [1.82, 2.24) is 24.4 Å². The molecule has 3 aromatic carbocycles. The first-order valence-corrected chi connectivity index (χ1v) is 13.3. The highest BCUT2D eigenvalue weighted by Gasteiger charge is 2.18. The smallest absolute Gasteiger partial charge is 0.308 e. The Labute approximate surface area is 237 Å². The third-order valence-electron chi connectivity index (χ3n) is 6.27. The molecule has 0 aliphatic carbocycles. The number of hydrogen-bond acceptors (Lipinski definition) is 9. The van der Waals surface area contributed by atoms with Crippen molar-refractivity contribution in [2.45, 2.75) is 6.92 Å². The Balaban J connectivity index is 1.47. The zero-order valence-corrected chi connectivity index (χ0v) is 23.1. The molecule has 11 heteroatoms. The lowest BCUT2D eigenvalue weighted by atomic mass is 10.1. The quantitative estimate of drug-likeness (QED) is 0.210. The minimum absolute atomic E-state index is 0.291. The predicted molar refractivity (Wildman–Crippen MR) is 155 cm³/mol. The number of fused-ring (bicyclic) bond motifs is 1. The Hall–Kier alpha value is -5.29. The maximum absolute atomic E-state index is 13.4. The first-order chi connectivity index (χ1) is 19.9. The summed E-state index contributed by atoms with van der Waals surface area (Å²) in [4.78, 5) is 30.0. The van der Waals surface area contributed by atoms with E-state index in [1.807, 2.05) is 54.7 Å². The van der Waals surface area contributed by atoms with E-state index in [1.54, 1.807) is 49.2 Å². The van der Waals surface area contributed by atoms with E-state index in [2.05, 4.69) is 10.1 Å². The zero-order chi connectivity index (χ0) is 28.5. The molecule has 0 atom stereocenters. The molecule has 3 aromatic heterocycles. The van der Waals surface area contributed by atoms with Gasteiger partial charge in [-0.1, -0.05) is 41.7 Å². The van der Waals surface area contributed by atoms with E-state index in [0.29, 0.717) is 43.8 Å². The number of para-hydroxylation sites is 2. The molecule has 0 unspecified atom stereocenters. The van der Waals surface area contributed by atoms with E-state index in [0.717, 1.165) is 16.8 Å². The minimum Gasteiger partial charge on any atom is -0.493 e. The molecule has 0 amide bonds. The van der Waals surface area contributed by atoms with Gasteiger partial charge in [0.2, 0.25) is 4.96 Å². The number of rotatable bonds is 7. The number of hydrogen-bond donors (Lipinski definition) is 0. The predicted octanol–water partition coefficient (Wildman–Crippen LogP) is 4.16. The molecule has 6 aromatic rings. The van der Waals surface area contributed by atoms with Crippen molar-refractivity contribution >= 4 is 28.3 Å². The van der Waals surface area contributed by atoms with Gasteiger partial charge in [0.1, 0.15) is 11.4 Å². The summed E-state index contributed by atoms with van der Waals surface area (Å²) in [6, 6.07) is 22.2. The van der Waals surface area contributed by atoms with Crippen LogP contribution in [0.2, 0.25) is 0 Å². The van der Waals surface area contributed by atoms with Gasteiger partial charge in [-0.15, -0.1) is 5.10 Å².